The van der Waals surface area contributed by atoms with Crippen molar-refractivity contribution in [1.82, 2.24) is 10.2 Å². The van der Waals surface area contributed by atoms with E-state index in [9.17, 15) is 9.18 Å². The standard InChI is InChI=1S/C23H26FN3OS2/c1-17(25-22(28)16-18-6-4-14-29-18)23(21-9-5-15-30-21)27-12-10-26(11-13-27)20-8-3-2-7-19(20)24/h2-9,14-15,17,23H,10-13,16H2,1H3,(H,25,28)/t17-,23+/m1/s1. The third-order valence-electron chi connectivity index (χ3n) is 5.51. The van der Waals surface area contributed by atoms with Crippen LogP contribution < -0.4 is 10.2 Å². The van der Waals surface area contributed by atoms with E-state index in [1.165, 1.54) is 10.9 Å². The van der Waals surface area contributed by atoms with Crippen LogP contribution in [0.3, 0.4) is 0 Å². The molecule has 1 N–H and O–H groups in total. The van der Waals surface area contributed by atoms with Crippen LogP contribution >= 0.6 is 22.7 Å². The zero-order valence-corrected chi connectivity index (χ0v) is 18.6. The minimum absolute atomic E-state index is 0.0175. The molecule has 0 unspecified atom stereocenters. The second-order valence-corrected chi connectivity index (χ2v) is 9.56. The summed E-state index contributed by atoms with van der Waals surface area (Å²) in [6.45, 7) is 5.25. The fourth-order valence-electron chi connectivity index (χ4n) is 4.11. The molecule has 1 fully saturated rings. The minimum Gasteiger partial charge on any atom is -0.367 e. The van der Waals surface area contributed by atoms with Gasteiger partial charge in [-0.25, -0.2) is 4.39 Å². The van der Waals surface area contributed by atoms with Crippen LogP contribution in [0.15, 0.2) is 59.3 Å². The number of para-hydroxylation sites is 1. The number of carbonyl (C=O) groups is 1. The predicted molar refractivity (Wildman–Crippen MR) is 123 cm³/mol. The number of nitrogens with zero attached hydrogens (tertiary/aromatic N) is 2. The first kappa shape index (κ1) is 21.0. The van der Waals surface area contributed by atoms with Crippen molar-refractivity contribution < 1.29 is 9.18 Å². The summed E-state index contributed by atoms with van der Waals surface area (Å²) in [5, 5.41) is 7.29. The maximum absolute atomic E-state index is 14.2. The van der Waals surface area contributed by atoms with E-state index in [4.69, 9.17) is 0 Å². The van der Waals surface area contributed by atoms with Gasteiger partial charge in [0.15, 0.2) is 0 Å². The summed E-state index contributed by atoms with van der Waals surface area (Å²) in [5.41, 5.74) is 0.669. The number of anilines is 1. The first-order valence-electron chi connectivity index (χ1n) is 10.2. The van der Waals surface area contributed by atoms with Gasteiger partial charge in [-0.1, -0.05) is 24.3 Å². The number of thiophene rings is 2. The summed E-state index contributed by atoms with van der Waals surface area (Å²) in [5.74, 6) is -0.119. The number of piperazine rings is 1. The second kappa shape index (κ2) is 9.73. The SMILES string of the molecule is C[C@@H](NC(=O)Cc1cccs1)[C@@H](c1cccs1)N1CCN(c2ccccc2F)CC1. The van der Waals surface area contributed by atoms with Gasteiger partial charge in [0.05, 0.1) is 18.2 Å². The lowest BCUT2D eigenvalue weighted by Crippen LogP contribution is -2.52. The smallest absolute Gasteiger partial charge is 0.225 e. The monoisotopic (exact) mass is 443 g/mol. The highest BCUT2D eigenvalue weighted by molar-refractivity contribution is 7.10. The van der Waals surface area contributed by atoms with E-state index in [0.717, 1.165) is 31.1 Å². The van der Waals surface area contributed by atoms with Gasteiger partial charge in [-0.2, -0.15) is 0 Å². The van der Waals surface area contributed by atoms with E-state index in [2.05, 4.69) is 39.6 Å². The number of hydrogen-bond donors (Lipinski definition) is 1. The Labute approximate surface area is 185 Å². The van der Waals surface area contributed by atoms with Crippen LogP contribution in [0.4, 0.5) is 10.1 Å². The maximum atomic E-state index is 14.2. The topological polar surface area (TPSA) is 35.6 Å². The van der Waals surface area contributed by atoms with Crippen molar-refractivity contribution in [1.29, 1.82) is 0 Å². The summed E-state index contributed by atoms with van der Waals surface area (Å²) >= 11 is 3.33. The Morgan fingerprint density at radius 3 is 2.43 bits per heavy atom. The average molecular weight is 444 g/mol. The highest BCUT2D eigenvalue weighted by Gasteiger charge is 2.31. The first-order chi connectivity index (χ1) is 14.6. The van der Waals surface area contributed by atoms with Crippen LogP contribution in [-0.4, -0.2) is 43.0 Å². The molecule has 3 heterocycles. The molecular weight excluding hydrogens is 417 g/mol. The van der Waals surface area contributed by atoms with Gasteiger partial charge in [-0.05, 0) is 41.9 Å². The fourth-order valence-corrected chi connectivity index (χ4v) is 5.77. The quantitative estimate of drug-likeness (QED) is 0.582. The van der Waals surface area contributed by atoms with Crippen LogP contribution in [0.1, 0.15) is 22.7 Å². The molecule has 4 rings (SSSR count). The lowest BCUT2D eigenvalue weighted by atomic mass is 10.0. The summed E-state index contributed by atoms with van der Waals surface area (Å²) in [6, 6.07) is 15.2. The van der Waals surface area contributed by atoms with Crippen molar-refractivity contribution in [3.8, 4) is 0 Å². The zero-order chi connectivity index (χ0) is 20.9. The third-order valence-corrected chi connectivity index (χ3v) is 7.33. The van der Waals surface area contributed by atoms with Gasteiger partial charge in [0.1, 0.15) is 5.82 Å². The van der Waals surface area contributed by atoms with Gasteiger partial charge in [-0.15, -0.1) is 22.7 Å². The Bertz CT molecular complexity index is 937. The van der Waals surface area contributed by atoms with E-state index >= 15 is 0 Å². The molecule has 3 aromatic rings. The van der Waals surface area contributed by atoms with Gasteiger partial charge in [0.2, 0.25) is 5.91 Å². The molecule has 0 bridgehead atoms. The molecular formula is C23H26FN3OS2. The number of halogens is 1. The number of amides is 1. The van der Waals surface area contributed by atoms with Crippen molar-refractivity contribution >= 4 is 34.3 Å². The molecule has 0 radical (unpaired) electrons. The predicted octanol–water partition coefficient (Wildman–Crippen LogP) is 4.56. The van der Waals surface area contributed by atoms with E-state index < -0.39 is 0 Å². The molecule has 1 aliphatic heterocycles. The number of carbonyl (C=O) groups excluding carboxylic acids is 1. The molecule has 2 atom stereocenters. The molecule has 2 aromatic heterocycles. The Kier molecular flexibility index (Phi) is 6.82. The number of nitrogens with one attached hydrogen (secondary N) is 1. The van der Waals surface area contributed by atoms with Gasteiger partial charge in [0, 0.05) is 42.0 Å². The number of rotatable bonds is 7. The van der Waals surface area contributed by atoms with Crippen molar-refractivity contribution in [2.75, 3.05) is 31.1 Å². The summed E-state index contributed by atoms with van der Waals surface area (Å²) < 4.78 is 14.2. The van der Waals surface area contributed by atoms with E-state index in [0.29, 0.717) is 12.1 Å². The first-order valence-corrected chi connectivity index (χ1v) is 12.0. The Balaban J connectivity index is 1.43. The lowest BCUT2D eigenvalue weighted by Gasteiger charge is -2.42. The van der Waals surface area contributed by atoms with Crippen LogP contribution in [0.25, 0.3) is 0 Å². The average Bonchev–Trinajstić information content (AvgIpc) is 3.44. The summed E-state index contributed by atoms with van der Waals surface area (Å²) in [6.07, 6.45) is 0.417. The normalized spacial score (nSPS) is 16.9. The minimum atomic E-state index is -0.171. The fraction of sp³-hybridized carbons (Fsp3) is 0.348. The molecule has 1 aliphatic rings. The van der Waals surface area contributed by atoms with Gasteiger partial charge in [-0.3, -0.25) is 9.69 Å². The Hall–Kier alpha value is -2.22. The maximum Gasteiger partial charge on any atom is 0.225 e. The van der Waals surface area contributed by atoms with E-state index in [1.54, 1.807) is 28.7 Å². The van der Waals surface area contributed by atoms with E-state index in [1.807, 2.05) is 29.6 Å². The molecule has 4 nitrogen and oxygen atoms in total. The molecule has 158 valence electrons. The largest absolute Gasteiger partial charge is 0.367 e. The number of benzene rings is 1. The lowest BCUT2D eigenvalue weighted by molar-refractivity contribution is -0.121. The van der Waals surface area contributed by atoms with Gasteiger partial charge < -0.3 is 10.2 Å². The molecule has 0 saturated carbocycles. The van der Waals surface area contributed by atoms with Gasteiger partial charge in [0.25, 0.3) is 0 Å². The van der Waals surface area contributed by atoms with Crippen molar-refractivity contribution in [3.05, 3.63) is 74.9 Å². The highest BCUT2D eigenvalue weighted by Crippen LogP contribution is 2.30. The second-order valence-electron chi connectivity index (χ2n) is 7.55. The van der Waals surface area contributed by atoms with Crippen molar-refractivity contribution in [2.45, 2.75) is 25.4 Å². The van der Waals surface area contributed by atoms with Crippen molar-refractivity contribution in [3.63, 3.8) is 0 Å². The zero-order valence-electron chi connectivity index (χ0n) is 17.0. The van der Waals surface area contributed by atoms with Crippen LogP contribution in [0, 0.1) is 5.82 Å². The van der Waals surface area contributed by atoms with Crippen LogP contribution in [0.5, 0.6) is 0 Å². The third kappa shape index (κ3) is 4.91. The molecule has 0 spiro atoms. The summed E-state index contributed by atoms with van der Waals surface area (Å²) in [7, 11) is 0. The Morgan fingerprint density at radius 1 is 1.03 bits per heavy atom. The molecule has 1 aromatic carbocycles. The van der Waals surface area contributed by atoms with E-state index in [-0.39, 0.29) is 23.8 Å². The molecule has 1 amide bonds. The highest BCUT2D eigenvalue weighted by atomic mass is 32.1. The van der Waals surface area contributed by atoms with Crippen molar-refractivity contribution in [2.24, 2.45) is 0 Å². The molecule has 7 heteroatoms. The van der Waals surface area contributed by atoms with Crippen LogP contribution in [0.2, 0.25) is 0 Å². The summed E-state index contributed by atoms with van der Waals surface area (Å²) in [4.78, 5) is 19.4. The van der Waals surface area contributed by atoms with Crippen LogP contribution in [-0.2, 0) is 11.2 Å². The molecule has 0 aliphatic carbocycles. The molecule has 1 saturated heterocycles. The Morgan fingerprint density at radius 2 is 1.77 bits per heavy atom. The number of hydrogen-bond acceptors (Lipinski definition) is 5. The van der Waals surface area contributed by atoms with Gasteiger partial charge >= 0.3 is 0 Å². The molecule has 30 heavy (non-hydrogen) atoms.